The molecule has 126 valence electrons. The minimum absolute atomic E-state index is 0.237. The van der Waals surface area contributed by atoms with E-state index in [2.05, 4.69) is 9.97 Å². The van der Waals surface area contributed by atoms with Gasteiger partial charge in [-0.25, -0.2) is 14.6 Å². The maximum atomic E-state index is 12.0. The van der Waals surface area contributed by atoms with Crippen molar-refractivity contribution in [3.63, 3.8) is 0 Å². The first kappa shape index (κ1) is 17.1. The quantitative estimate of drug-likeness (QED) is 0.834. The van der Waals surface area contributed by atoms with Gasteiger partial charge in [0.05, 0.1) is 5.69 Å². The fourth-order valence-electron chi connectivity index (χ4n) is 2.46. The lowest BCUT2D eigenvalue weighted by Crippen LogP contribution is -2.41. The van der Waals surface area contributed by atoms with E-state index in [4.69, 9.17) is 9.84 Å². The van der Waals surface area contributed by atoms with Crippen LogP contribution in [0, 0.1) is 0 Å². The molecular formula is C16H23N3O4. The number of rotatable bonds is 3. The summed E-state index contributed by atoms with van der Waals surface area (Å²) in [5.74, 6) is 0.0692. The zero-order valence-corrected chi connectivity index (χ0v) is 13.7. The highest BCUT2D eigenvalue weighted by atomic mass is 16.6. The molecule has 0 spiro atoms. The molecule has 1 saturated heterocycles. The van der Waals surface area contributed by atoms with Crippen LogP contribution in [0.2, 0.25) is 0 Å². The molecule has 1 amide bonds. The lowest BCUT2D eigenvalue weighted by molar-refractivity contribution is -0.131. The summed E-state index contributed by atoms with van der Waals surface area (Å²) >= 11 is 0. The Bertz CT molecular complexity index is 593. The van der Waals surface area contributed by atoms with E-state index in [9.17, 15) is 9.59 Å². The molecular weight excluding hydrogens is 298 g/mol. The monoisotopic (exact) mass is 321 g/mol. The van der Waals surface area contributed by atoms with E-state index in [1.54, 1.807) is 11.1 Å². The smallest absolute Gasteiger partial charge is 0.410 e. The zero-order chi connectivity index (χ0) is 17.0. The van der Waals surface area contributed by atoms with Crippen LogP contribution < -0.4 is 0 Å². The standard InChI is InChI=1S/C16H23N3O4/c1-16(2,3)23-15(22)19-8-6-11(7-9-19)14-17-10-12(18-14)4-5-13(20)21/h4-5,10-11H,6-9H2,1-3H3,(H,17,18)(H,20,21). The van der Waals surface area contributed by atoms with Gasteiger partial charge in [-0.1, -0.05) is 0 Å². The molecule has 2 heterocycles. The van der Waals surface area contributed by atoms with Gasteiger partial charge >= 0.3 is 12.1 Å². The maximum absolute atomic E-state index is 12.0. The summed E-state index contributed by atoms with van der Waals surface area (Å²) in [5, 5.41) is 8.62. The van der Waals surface area contributed by atoms with Crippen LogP contribution in [0.1, 0.15) is 51.0 Å². The molecule has 1 fully saturated rings. The van der Waals surface area contributed by atoms with Crippen LogP contribution in [0.3, 0.4) is 0 Å². The number of carboxylic acid groups (broad SMARTS) is 1. The first-order chi connectivity index (χ1) is 10.7. The maximum Gasteiger partial charge on any atom is 0.410 e. The Labute approximate surface area is 135 Å². The number of nitrogens with zero attached hydrogens (tertiary/aromatic N) is 2. The molecule has 0 saturated carbocycles. The number of H-pyrrole nitrogens is 1. The average molecular weight is 321 g/mol. The SMILES string of the molecule is CC(C)(C)OC(=O)N1CCC(c2nc(C=CC(=O)O)c[nH]2)CC1. The summed E-state index contributed by atoms with van der Waals surface area (Å²) in [5.41, 5.74) is 0.109. The Hall–Kier alpha value is -2.31. The number of hydrogen-bond donors (Lipinski definition) is 2. The van der Waals surface area contributed by atoms with Gasteiger partial charge in [-0.3, -0.25) is 0 Å². The van der Waals surface area contributed by atoms with Gasteiger partial charge in [0.15, 0.2) is 0 Å². The number of carbonyl (C=O) groups is 2. The van der Waals surface area contributed by atoms with Gasteiger partial charge in [0.1, 0.15) is 11.4 Å². The minimum atomic E-state index is -1.000. The number of aromatic amines is 1. The van der Waals surface area contributed by atoms with Gasteiger partial charge in [0.2, 0.25) is 0 Å². The lowest BCUT2D eigenvalue weighted by Gasteiger charge is -2.32. The average Bonchev–Trinajstić information content (AvgIpc) is 2.92. The molecule has 7 heteroatoms. The Balaban J connectivity index is 1.89. The third-order valence-electron chi connectivity index (χ3n) is 3.55. The molecule has 1 aliphatic heterocycles. The minimum Gasteiger partial charge on any atom is -0.478 e. The van der Waals surface area contributed by atoms with Crippen molar-refractivity contribution in [2.75, 3.05) is 13.1 Å². The van der Waals surface area contributed by atoms with Crippen molar-refractivity contribution >= 4 is 18.1 Å². The van der Waals surface area contributed by atoms with Crippen LogP contribution in [-0.2, 0) is 9.53 Å². The molecule has 1 aliphatic rings. The number of imidazole rings is 1. The second-order valence-electron chi connectivity index (χ2n) is 6.62. The highest BCUT2D eigenvalue weighted by Gasteiger charge is 2.28. The van der Waals surface area contributed by atoms with Crippen LogP contribution in [0.15, 0.2) is 12.3 Å². The van der Waals surface area contributed by atoms with Crippen LogP contribution >= 0.6 is 0 Å². The van der Waals surface area contributed by atoms with Crippen molar-refractivity contribution < 1.29 is 19.4 Å². The van der Waals surface area contributed by atoms with Crippen LogP contribution in [0.5, 0.6) is 0 Å². The van der Waals surface area contributed by atoms with Crippen molar-refractivity contribution in [2.45, 2.75) is 45.1 Å². The number of carboxylic acids is 1. The molecule has 0 aromatic carbocycles. The van der Waals surface area contributed by atoms with Crippen molar-refractivity contribution in [1.29, 1.82) is 0 Å². The van der Waals surface area contributed by atoms with E-state index < -0.39 is 11.6 Å². The van der Waals surface area contributed by atoms with Crippen LogP contribution in [-0.4, -0.2) is 50.7 Å². The van der Waals surface area contributed by atoms with Crippen molar-refractivity contribution in [2.24, 2.45) is 0 Å². The number of aliphatic carboxylic acids is 1. The van der Waals surface area contributed by atoms with Gasteiger partial charge in [-0.05, 0) is 39.7 Å². The highest BCUT2D eigenvalue weighted by Crippen LogP contribution is 2.27. The number of ether oxygens (including phenoxy) is 1. The largest absolute Gasteiger partial charge is 0.478 e. The Morgan fingerprint density at radius 3 is 2.61 bits per heavy atom. The second kappa shape index (κ2) is 6.85. The van der Waals surface area contributed by atoms with E-state index >= 15 is 0 Å². The zero-order valence-electron chi connectivity index (χ0n) is 13.7. The molecule has 2 N–H and O–H groups in total. The summed E-state index contributed by atoms with van der Waals surface area (Å²) in [4.78, 5) is 31.7. The number of piperidine rings is 1. The molecule has 1 aromatic rings. The number of aromatic nitrogens is 2. The molecule has 23 heavy (non-hydrogen) atoms. The van der Waals surface area contributed by atoms with Gasteiger partial charge in [0.25, 0.3) is 0 Å². The Morgan fingerprint density at radius 2 is 2.04 bits per heavy atom. The van der Waals surface area contributed by atoms with E-state index in [0.717, 1.165) is 24.7 Å². The molecule has 7 nitrogen and oxygen atoms in total. The fourth-order valence-corrected chi connectivity index (χ4v) is 2.46. The first-order valence-corrected chi connectivity index (χ1v) is 7.69. The fraction of sp³-hybridized carbons (Fsp3) is 0.562. The number of carbonyl (C=O) groups excluding carboxylic acids is 1. The normalized spacial score (nSPS) is 16.7. The van der Waals surface area contributed by atoms with E-state index in [1.165, 1.54) is 6.08 Å². The first-order valence-electron chi connectivity index (χ1n) is 7.69. The lowest BCUT2D eigenvalue weighted by atomic mass is 9.96. The number of nitrogens with one attached hydrogen (secondary N) is 1. The van der Waals surface area contributed by atoms with Gasteiger partial charge in [-0.15, -0.1) is 0 Å². The molecule has 2 rings (SSSR count). The van der Waals surface area contributed by atoms with Gasteiger partial charge in [-0.2, -0.15) is 0 Å². The Kier molecular flexibility index (Phi) is 5.08. The van der Waals surface area contributed by atoms with Gasteiger partial charge < -0.3 is 19.7 Å². The third kappa shape index (κ3) is 5.12. The van der Waals surface area contributed by atoms with Crippen molar-refractivity contribution in [1.82, 2.24) is 14.9 Å². The highest BCUT2D eigenvalue weighted by molar-refractivity contribution is 5.84. The predicted molar refractivity (Wildman–Crippen MR) is 85.0 cm³/mol. The number of hydrogen-bond acceptors (Lipinski definition) is 4. The third-order valence-corrected chi connectivity index (χ3v) is 3.55. The van der Waals surface area contributed by atoms with E-state index in [-0.39, 0.29) is 12.0 Å². The van der Waals surface area contributed by atoms with Crippen LogP contribution in [0.4, 0.5) is 4.79 Å². The topological polar surface area (TPSA) is 95.5 Å². The summed E-state index contributed by atoms with van der Waals surface area (Å²) in [7, 11) is 0. The summed E-state index contributed by atoms with van der Waals surface area (Å²) < 4.78 is 5.38. The van der Waals surface area contributed by atoms with Crippen LogP contribution in [0.25, 0.3) is 6.08 Å². The molecule has 0 radical (unpaired) electrons. The molecule has 1 aromatic heterocycles. The molecule has 0 aliphatic carbocycles. The number of likely N-dealkylation sites (tertiary alicyclic amines) is 1. The van der Waals surface area contributed by atoms with Crippen molar-refractivity contribution in [3.8, 4) is 0 Å². The summed E-state index contributed by atoms with van der Waals surface area (Å²) in [6.45, 7) is 6.81. The van der Waals surface area contributed by atoms with E-state index in [1.807, 2.05) is 20.8 Å². The second-order valence-corrected chi connectivity index (χ2v) is 6.62. The number of amides is 1. The molecule has 0 atom stereocenters. The van der Waals surface area contributed by atoms with E-state index in [0.29, 0.717) is 18.8 Å². The summed E-state index contributed by atoms with van der Waals surface area (Å²) in [6, 6.07) is 0. The predicted octanol–water partition coefficient (Wildman–Crippen LogP) is 2.62. The summed E-state index contributed by atoms with van der Waals surface area (Å²) in [6.07, 6.45) is 5.53. The van der Waals surface area contributed by atoms with Crippen molar-refractivity contribution in [3.05, 3.63) is 23.8 Å². The molecule has 0 bridgehead atoms. The molecule has 0 unspecified atom stereocenters. The van der Waals surface area contributed by atoms with Gasteiger partial charge in [0, 0.05) is 31.3 Å². The Morgan fingerprint density at radius 1 is 1.39 bits per heavy atom.